The first-order chi connectivity index (χ1) is 16.4. The lowest BCUT2D eigenvalue weighted by atomic mass is 9.83. The number of carbonyl (C=O) groups is 1. The molecule has 178 valence electrons. The Morgan fingerprint density at radius 1 is 0.912 bits per heavy atom. The van der Waals surface area contributed by atoms with Crippen LogP contribution >= 0.6 is 0 Å². The van der Waals surface area contributed by atoms with Crippen molar-refractivity contribution in [2.24, 2.45) is 5.92 Å². The second kappa shape index (κ2) is 10.6. The molecule has 0 radical (unpaired) electrons. The zero-order chi connectivity index (χ0) is 24.1. The third-order valence-corrected chi connectivity index (χ3v) is 6.09. The van der Waals surface area contributed by atoms with Crippen LogP contribution < -0.4 is 20.3 Å². The smallest absolute Gasteiger partial charge is 0.323 e. The van der Waals surface area contributed by atoms with Gasteiger partial charge in [0.2, 0.25) is 0 Å². The van der Waals surface area contributed by atoms with Crippen molar-refractivity contribution >= 4 is 23.1 Å². The first kappa shape index (κ1) is 23.6. The molecular formula is C28H34N4O2. The second-order valence-corrected chi connectivity index (χ2v) is 9.43. The van der Waals surface area contributed by atoms with Crippen LogP contribution in [0.2, 0.25) is 0 Å². The highest BCUT2D eigenvalue weighted by Gasteiger charge is 2.20. The van der Waals surface area contributed by atoms with Crippen molar-refractivity contribution in [2.45, 2.75) is 19.3 Å². The number of fused-ring (bicyclic) bond motifs is 1. The molecule has 1 aliphatic rings. The first-order valence-electron chi connectivity index (χ1n) is 11.8. The molecule has 0 bridgehead atoms. The molecule has 1 atom stereocenters. The number of aryl methyl sites for hydroxylation is 1. The van der Waals surface area contributed by atoms with Crippen molar-refractivity contribution in [1.82, 2.24) is 4.90 Å². The summed E-state index contributed by atoms with van der Waals surface area (Å²) in [6, 6.07) is 21.3. The monoisotopic (exact) mass is 458 g/mol. The van der Waals surface area contributed by atoms with Crippen LogP contribution in [0.15, 0.2) is 66.7 Å². The normalized spacial score (nSPS) is 14.9. The maximum Gasteiger partial charge on any atom is 0.323 e. The Balaban J connectivity index is 1.40. The number of rotatable bonds is 7. The number of hydrogen-bond donors (Lipinski definition) is 2. The van der Waals surface area contributed by atoms with Gasteiger partial charge in [0.15, 0.2) is 5.75 Å². The lowest BCUT2D eigenvalue weighted by molar-refractivity contribution is 0.262. The highest BCUT2D eigenvalue weighted by atomic mass is 16.5. The Bertz CT molecular complexity index is 1130. The minimum Gasteiger partial charge on any atom is -0.455 e. The van der Waals surface area contributed by atoms with Crippen LogP contribution in [-0.2, 0) is 12.8 Å². The van der Waals surface area contributed by atoms with E-state index in [-0.39, 0.29) is 6.03 Å². The van der Waals surface area contributed by atoms with Crippen molar-refractivity contribution in [2.75, 3.05) is 50.3 Å². The summed E-state index contributed by atoms with van der Waals surface area (Å²) in [5.74, 6) is 2.19. The van der Waals surface area contributed by atoms with Gasteiger partial charge in [0, 0.05) is 32.0 Å². The molecule has 3 aromatic carbocycles. The van der Waals surface area contributed by atoms with Gasteiger partial charge < -0.3 is 25.2 Å². The molecule has 1 aliphatic carbocycles. The van der Waals surface area contributed by atoms with Gasteiger partial charge in [-0.3, -0.25) is 0 Å². The van der Waals surface area contributed by atoms with Gasteiger partial charge >= 0.3 is 6.03 Å². The summed E-state index contributed by atoms with van der Waals surface area (Å²) in [7, 11) is 8.17. The number of nitrogens with zero attached hydrogens (tertiary/aromatic N) is 2. The quantitative estimate of drug-likeness (QED) is 0.466. The van der Waals surface area contributed by atoms with E-state index in [0.717, 1.165) is 42.3 Å². The van der Waals surface area contributed by atoms with Gasteiger partial charge in [0.1, 0.15) is 5.75 Å². The molecule has 6 heteroatoms. The number of anilines is 3. The average Bonchev–Trinajstić information content (AvgIpc) is 2.80. The summed E-state index contributed by atoms with van der Waals surface area (Å²) < 4.78 is 6.04. The fourth-order valence-electron chi connectivity index (χ4n) is 4.52. The molecule has 0 saturated carbocycles. The molecule has 1 unspecified atom stereocenters. The molecule has 6 nitrogen and oxygen atoms in total. The van der Waals surface area contributed by atoms with Crippen molar-refractivity contribution in [1.29, 1.82) is 0 Å². The van der Waals surface area contributed by atoms with Crippen LogP contribution in [0.5, 0.6) is 11.5 Å². The standard InChI is InChI=1S/C28H34N4O2/c1-31(2)19-20-10-11-22-17-23(13-12-21(22)16-20)29-28(33)30-24-14-15-27(26(18-24)32(3)4)34-25-8-6-5-7-9-25/h5-9,12-15,17-18,20H,10-11,16,19H2,1-4H3,(H2,29,30,33). The molecule has 0 aliphatic heterocycles. The number of ether oxygens (including phenoxy) is 1. The average molecular weight is 459 g/mol. The fraction of sp³-hybridized carbons (Fsp3) is 0.321. The third-order valence-electron chi connectivity index (χ3n) is 6.09. The van der Waals surface area contributed by atoms with Crippen LogP contribution in [0.1, 0.15) is 17.5 Å². The predicted octanol–water partition coefficient (Wildman–Crippen LogP) is 5.86. The van der Waals surface area contributed by atoms with Crippen molar-refractivity contribution in [3.05, 3.63) is 77.9 Å². The molecule has 4 rings (SSSR count). The first-order valence-corrected chi connectivity index (χ1v) is 11.8. The Kier molecular flexibility index (Phi) is 7.38. The van der Waals surface area contributed by atoms with Crippen LogP contribution in [0.3, 0.4) is 0 Å². The van der Waals surface area contributed by atoms with Crippen LogP contribution in [0, 0.1) is 5.92 Å². The fourth-order valence-corrected chi connectivity index (χ4v) is 4.52. The summed E-state index contributed by atoms with van der Waals surface area (Å²) in [4.78, 5) is 16.9. The van der Waals surface area contributed by atoms with Crippen molar-refractivity contribution in [3.63, 3.8) is 0 Å². The largest absolute Gasteiger partial charge is 0.455 e. The molecule has 34 heavy (non-hydrogen) atoms. The third kappa shape index (κ3) is 6.08. The van der Waals surface area contributed by atoms with Gasteiger partial charge in [-0.1, -0.05) is 24.3 Å². The van der Waals surface area contributed by atoms with Gasteiger partial charge in [0.05, 0.1) is 5.69 Å². The number of urea groups is 1. The van der Waals surface area contributed by atoms with Crippen molar-refractivity contribution in [3.8, 4) is 11.5 Å². The summed E-state index contributed by atoms with van der Waals surface area (Å²) in [6.07, 6.45) is 3.34. The van der Waals surface area contributed by atoms with Crippen LogP contribution in [-0.4, -0.2) is 45.7 Å². The van der Waals surface area contributed by atoms with E-state index in [1.165, 1.54) is 17.5 Å². The number of hydrogen-bond acceptors (Lipinski definition) is 4. The van der Waals surface area contributed by atoms with Crippen LogP contribution in [0.25, 0.3) is 0 Å². The molecule has 0 aromatic heterocycles. The highest BCUT2D eigenvalue weighted by molar-refractivity contribution is 6.00. The molecule has 0 spiro atoms. The number of para-hydroxylation sites is 1. The van der Waals surface area contributed by atoms with Crippen molar-refractivity contribution < 1.29 is 9.53 Å². The van der Waals surface area contributed by atoms with Gasteiger partial charge in [-0.2, -0.15) is 0 Å². The Morgan fingerprint density at radius 2 is 1.62 bits per heavy atom. The van der Waals surface area contributed by atoms with E-state index in [0.29, 0.717) is 11.6 Å². The molecule has 0 fully saturated rings. The van der Waals surface area contributed by atoms with E-state index >= 15 is 0 Å². The molecule has 0 saturated heterocycles. The highest BCUT2D eigenvalue weighted by Crippen LogP contribution is 2.34. The van der Waals surface area contributed by atoms with E-state index in [9.17, 15) is 4.79 Å². The maximum atomic E-state index is 12.7. The van der Waals surface area contributed by atoms with Gasteiger partial charge in [-0.05, 0) is 92.9 Å². The minimum atomic E-state index is -0.261. The molecule has 2 N–H and O–H groups in total. The molecule has 2 amide bonds. The molecular weight excluding hydrogens is 424 g/mol. The number of nitrogens with one attached hydrogen (secondary N) is 2. The maximum absolute atomic E-state index is 12.7. The summed E-state index contributed by atoms with van der Waals surface area (Å²) in [6.45, 7) is 1.12. The predicted molar refractivity (Wildman–Crippen MR) is 140 cm³/mol. The number of carbonyl (C=O) groups excluding carboxylic acids is 1. The van der Waals surface area contributed by atoms with Gasteiger partial charge in [-0.15, -0.1) is 0 Å². The lowest BCUT2D eigenvalue weighted by Crippen LogP contribution is -2.26. The SMILES string of the molecule is CN(C)CC1CCc2cc(NC(=O)Nc3ccc(Oc4ccccc4)c(N(C)C)c3)ccc2C1. The minimum absolute atomic E-state index is 0.261. The van der Waals surface area contributed by atoms with Gasteiger partial charge in [-0.25, -0.2) is 4.79 Å². The second-order valence-electron chi connectivity index (χ2n) is 9.43. The summed E-state index contributed by atoms with van der Waals surface area (Å²) in [5.41, 5.74) is 5.13. The summed E-state index contributed by atoms with van der Waals surface area (Å²) >= 11 is 0. The number of benzene rings is 3. The van der Waals surface area contributed by atoms with E-state index in [1.807, 2.05) is 73.6 Å². The number of amides is 2. The summed E-state index contributed by atoms with van der Waals surface area (Å²) in [5, 5.41) is 5.93. The topological polar surface area (TPSA) is 56.8 Å². The Hall–Kier alpha value is -3.51. The molecule has 0 heterocycles. The van der Waals surface area contributed by atoms with Crippen LogP contribution in [0.4, 0.5) is 21.9 Å². The Labute approximate surface area is 202 Å². The van der Waals surface area contributed by atoms with E-state index < -0.39 is 0 Å². The zero-order valence-corrected chi connectivity index (χ0v) is 20.5. The van der Waals surface area contributed by atoms with E-state index in [2.05, 4.69) is 41.8 Å². The van der Waals surface area contributed by atoms with E-state index in [1.54, 1.807) is 0 Å². The molecule has 3 aromatic rings. The van der Waals surface area contributed by atoms with Gasteiger partial charge in [0.25, 0.3) is 0 Å². The lowest BCUT2D eigenvalue weighted by Gasteiger charge is -2.27. The Morgan fingerprint density at radius 3 is 2.32 bits per heavy atom. The zero-order valence-electron chi connectivity index (χ0n) is 20.5. The van der Waals surface area contributed by atoms with E-state index in [4.69, 9.17) is 4.74 Å².